The van der Waals surface area contributed by atoms with E-state index in [4.69, 9.17) is 4.74 Å². The number of morpholine rings is 1. The van der Waals surface area contributed by atoms with Crippen molar-refractivity contribution in [2.75, 3.05) is 32.7 Å². The van der Waals surface area contributed by atoms with Crippen LogP contribution in [0.1, 0.15) is 40.5 Å². The first-order valence-corrected chi connectivity index (χ1v) is 8.27. The van der Waals surface area contributed by atoms with E-state index in [1.54, 1.807) is 0 Å². The van der Waals surface area contributed by atoms with Crippen molar-refractivity contribution < 1.29 is 9.53 Å². The van der Waals surface area contributed by atoms with Crippen LogP contribution in [0.4, 0.5) is 0 Å². The Kier molecular flexibility index (Phi) is 5.63. The molecule has 2 aliphatic rings. The first-order chi connectivity index (χ1) is 9.88. The highest BCUT2D eigenvalue weighted by molar-refractivity contribution is 5.79. The molecule has 0 saturated carbocycles. The van der Waals surface area contributed by atoms with E-state index in [2.05, 4.69) is 43.2 Å². The van der Waals surface area contributed by atoms with Gasteiger partial charge in [-0.1, -0.05) is 0 Å². The van der Waals surface area contributed by atoms with E-state index in [-0.39, 0.29) is 29.6 Å². The molecule has 5 heteroatoms. The van der Waals surface area contributed by atoms with E-state index in [0.717, 1.165) is 39.0 Å². The molecule has 0 aromatic rings. The highest BCUT2D eigenvalue weighted by atomic mass is 16.5. The lowest BCUT2D eigenvalue weighted by Gasteiger charge is -2.45. The molecule has 21 heavy (non-hydrogen) atoms. The second kappa shape index (κ2) is 7.07. The molecule has 2 heterocycles. The van der Waals surface area contributed by atoms with E-state index in [9.17, 15) is 4.79 Å². The summed E-state index contributed by atoms with van der Waals surface area (Å²) < 4.78 is 5.80. The summed E-state index contributed by atoms with van der Waals surface area (Å²) in [5.74, 6) is 0.335. The van der Waals surface area contributed by atoms with Crippen molar-refractivity contribution in [1.82, 2.24) is 15.5 Å². The Labute approximate surface area is 128 Å². The van der Waals surface area contributed by atoms with Crippen LogP contribution in [-0.2, 0) is 9.53 Å². The van der Waals surface area contributed by atoms with Crippen molar-refractivity contribution in [3.63, 3.8) is 0 Å². The topological polar surface area (TPSA) is 53.6 Å². The average molecular weight is 297 g/mol. The minimum atomic E-state index is -0.0376. The van der Waals surface area contributed by atoms with Gasteiger partial charge in [-0.05, 0) is 47.1 Å². The standard InChI is InChI=1S/C16H31N3O2/c1-12-9-19(10-13(2)21-12)16(3,4)11-18-15(20)14-6-5-7-17-8-14/h12-14,17H,5-11H2,1-4H3,(H,18,20). The number of ether oxygens (including phenoxy) is 1. The van der Waals surface area contributed by atoms with Crippen molar-refractivity contribution in [3.05, 3.63) is 0 Å². The maximum atomic E-state index is 12.3. The summed E-state index contributed by atoms with van der Waals surface area (Å²) in [5.41, 5.74) is -0.0376. The van der Waals surface area contributed by atoms with Crippen LogP contribution >= 0.6 is 0 Å². The Balaban J connectivity index is 1.83. The Morgan fingerprint density at radius 1 is 1.33 bits per heavy atom. The van der Waals surface area contributed by atoms with Gasteiger partial charge in [0.1, 0.15) is 0 Å². The molecule has 0 bridgehead atoms. The zero-order chi connectivity index (χ0) is 15.5. The normalized spacial score (nSPS) is 31.9. The lowest BCUT2D eigenvalue weighted by molar-refractivity contribution is -0.127. The lowest BCUT2D eigenvalue weighted by atomic mass is 9.97. The minimum absolute atomic E-state index is 0.0376. The largest absolute Gasteiger partial charge is 0.373 e. The fraction of sp³-hybridized carbons (Fsp3) is 0.938. The molecule has 0 spiro atoms. The van der Waals surface area contributed by atoms with E-state index >= 15 is 0 Å². The molecule has 0 aromatic carbocycles. The van der Waals surface area contributed by atoms with Gasteiger partial charge in [-0.15, -0.1) is 0 Å². The zero-order valence-electron chi connectivity index (χ0n) is 13.9. The van der Waals surface area contributed by atoms with Crippen LogP contribution in [0.2, 0.25) is 0 Å². The summed E-state index contributed by atoms with van der Waals surface area (Å²) in [7, 11) is 0. The van der Waals surface area contributed by atoms with Crippen LogP contribution < -0.4 is 10.6 Å². The van der Waals surface area contributed by atoms with Gasteiger partial charge in [0.15, 0.2) is 0 Å². The first-order valence-electron chi connectivity index (χ1n) is 8.27. The number of carbonyl (C=O) groups excluding carboxylic acids is 1. The SMILES string of the molecule is CC1CN(C(C)(C)CNC(=O)C2CCCNC2)CC(C)O1. The van der Waals surface area contributed by atoms with Gasteiger partial charge in [-0.3, -0.25) is 9.69 Å². The van der Waals surface area contributed by atoms with E-state index in [0.29, 0.717) is 6.54 Å². The maximum absolute atomic E-state index is 12.3. The number of amides is 1. The van der Waals surface area contributed by atoms with Gasteiger partial charge >= 0.3 is 0 Å². The highest BCUT2D eigenvalue weighted by Gasteiger charge is 2.34. The van der Waals surface area contributed by atoms with Gasteiger partial charge in [0.25, 0.3) is 0 Å². The molecule has 3 atom stereocenters. The molecule has 2 N–H and O–H groups in total. The van der Waals surface area contributed by atoms with Crippen LogP contribution in [0.3, 0.4) is 0 Å². The third-order valence-corrected chi connectivity index (χ3v) is 4.64. The van der Waals surface area contributed by atoms with Crippen molar-refractivity contribution in [3.8, 4) is 0 Å². The van der Waals surface area contributed by atoms with Gasteiger partial charge in [0.2, 0.25) is 5.91 Å². The van der Waals surface area contributed by atoms with E-state index < -0.39 is 0 Å². The van der Waals surface area contributed by atoms with Crippen LogP contribution in [0.5, 0.6) is 0 Å². The number of nitrogens with zero attached hydrogens (tertiary/aromatic N) is 1. The summed E-state index contributed by atoms with van der Waals surface area (Å²) in [6.45, 7) is 13.1. The second-order valence-corrected chi connectivity index (χ2v) is 7.24. The molecule has 0 aliphatic carbocycles. The number of hydrogen-bond donors (Lipinski definition) is 2. The average Bonchev–Trinajstić information content (AvgIpc) is 2.45. The number of hydrogen-bond acceptors (Lipinski definition) is 4. The summed E-state index contributed by atoms with van der Waals surface area (Å²) >= 11 is 0. The van der Waals surface area contributed by atoms with Crippen LogP contribution in [-0.4, -0.2) is 61.3 Å². The lowest BCUT2D eigenvalue weighted by Crippen LogP contribution is -2.59. The molecule has 3 unspecified atom stereocenters. The Hall–Kier alpha value is -0.650. The minimum Gasteiger partial charge on any atom is -0.373 e. The van der Waals surface area contributed by atoms with Crippen molar-refractivity contribution in [1.29, 1.82) is 0 Å². The highest BCUT2D eigenvalue weighted by Crippen LogP contribution is 2.21. The molecule has 2 rings (SSSR count). The predicted octanol–water partition coefficient (Wildman–Crippen LogP) is 0.990. The smallest absolute Gasteiger partial charge is 0.224 e. The van der Waals surface area contributed by atoms with Crippen molar-refractivity contribution in [2.45, 2.75) is 58.3 Å². The monoisotopic (exact) mass is 297 g/mol. The Morgan fingerprint density at radius 3 is 2.57 bits per heavy atom. The predicted molar refractivity (Wildman–Crippen MR) is 84.3 cm³/mol. The zero-order valence-corrected chi connectivity index (χ0v) is 13.9. The van der Waals surface area contributed by atoms with Crippen molar-refractivity contribution >= 4 is 5.91 Å². The van der Waals surface area contributed by atoms with Crippen LogP contribution in [0.25, 0.3) is 0 Å². The molecule has 2 saturated heterocycles. The quantitative estimate of drug-likeness (QED) is 0.812. The molecular weight excluding hydrogens is 266 g/mol. The van der Waals surface area contributed by atoms with Crippen LogP contribution in [0.15, 0.2) is 0 Å². The molecule has 5 nitrogen and oxygen atoms in total. The molecule has 122 valence electrons. The molecule has 2 fully saturated rings. The fourth-order valence-corrected chi connectivity index (χ4v) is 3.31. The summed E-state index contributed by atoms with van der Waals surface area (Å²) in [5, 5.41) is 6.46. The number of carbonyl (C=O) groups is 1. The number of nitrogens with one attached hydrogen (secondary N) is 2. The van der Waals surface area contributed by atoms with Crippen LogP contribution in [0, 0.1) is 5.92 Å². The Bertz CT molecular complexity index is 343. The third-order valence-electron chi connectivity index (χ3n) is 4.64. The Morgan fingerprint density at radius 2 is 2.00 bits per heavy atom. The number of piperidine rings is 1. The molecule has 0 radical (unpaired) electrons. The van der Waals surface area contributed by atoms with Gasteiger partial charge in [-0.25, -0.2) is 0 Å². The van der Waals surface area contributed by atoms with E-state index in [1.165, 1.54) is 0 Å². The molecule has 1 amide bonds. The van der Waals surface area contributed by atoms with Gasteiger partial charge in [-0.2, -0.15) is 0 Å². The number of rotatable bonds is 4. The maximum Gasteiger partial charge on any atom is 0.224 e. The van der Waals surface area contributed by atoms with Gasteiger partial charge in [0.05, 0.1) is 18.1 Å². The van der Waals surface area contributed by atoms with Gasteiger partial charge < -0.3 is 15.4 Å². The molecule has 0 aromatic heterocycles. The molecule has 2 aliphatic heterocycles. The summed E-state index contributed by atoms with van der Waals surface area (Å²) in [6, 6.07) is 0. The van der Waals surface area contributed by atoms with Gasteiger partial charge in [0, 0.05) is 31.7 Å². The van der Waals surface area contributed by atoms with E-state index in [1.807, 2.05) is 0 Å². The van der Waals surface area contributed by atoms with Crippen molar-refractivity contribution in [2.24, 2.45) is 5.92 Å². The third kappa shape index (κ3) is 4.66. The fourth-order valence-electron chi connectivity index (χ4n) is 3.31. The second-order valence-electron chi connectivity index (χ2n) is 7.24. The summed E-state index contributed by atoms with van der Waals surface area (Å²) in [4.78, 5) is 14.7. The molecular formula is C16H31N3O2. The first kappa shape index (κ1) is 16.7. The summed E-state index contributed by atoms with van der Waals surface area (Å²) in [6.07, 6.45) is 2.61.